The van der Waals surface area contributed by atoms with Crippen LogP contribution in [0.5, 0.6) is 0 Å². The van der Waals surface area contributed by atoms with E-state index in [2.05, 4.69) is 10.2 Å². The molecule has 0 radical (unpaired) electrons. The summed E-state index contributed by atoms with van der Waals surface area (Å²) in [4.78, 5) is 10.8. The zero-order valence-corrected chi connectivity index (χ0v) is 7.51. The molecule has 0 aromatic carbocycles. The van der Waals surface area contributed by atoms with E-state index >= 15 is 0 Å². The van der Waals surface area contributed by atoms with E-state index in [1.165, 1.54) is 0 Å². The van der Waals surface area contributed by atoms with Gasteiger partial charge in [-0.25, -0.2) is 4.39 Å². The zero-order valence-electron chi connectivity index (χ0n) is 7.51. The van der Waals surface area contributed by atoms with Crippen molar-refractivity contribution in [1.29, 1.82) is 0 Å². The van der Waals surface area contributed by atoms with Gasteiger partial charge in [0.15, 0.2) is 0 Å². The van der Waals surface area contributed by atoms with Crippen molar-refractivity contribution < 1.29 is 9.18 Å². The number of alkyl halides is 1. The van der Waals surface area contributed by atoms with Gasteiger partial charge in [-0.05, 0) is 25.3 Å². The van der Waals surface area contributed by atoms with E-state index in [1.807, 2.05) is 0 Å². The molecule has 3 aliphatic rings. The number of nitrogens with zero attached hydrogens (tertiary/aromatic N) is 1. The van der Waals surface area contributed by atoms with Crippen LogP contribution in [0.1, 0.15) is 35.4 Å². The Morgan fingerprint density at radius 2 is 2.21 bits per heavy atom. The smallest absolute Gasteiger partial charge is 0.269 e. The molecule has 0 spiro atoms. The summed E-state index contributed by atoms with van der Waals surface area (Å²) in [5.41, 5.74) is 5.15. The van der Waals surface area contributed by atoms with Gasteiger partial charge in [0.25, 0.3) is 5.91 Å². The number of hydrogen-bond donors (Lipinski definition) is 2. The summed E-state index contributed by atoms with van der Waals surface area (Å²) in [5, 5.41) is 6.56. The van der Waals surface area contributed by atoms with Crippen molar-refractivity contribution in [3.8, 4) is 0 Å². The van der Waals surface area contributed by atoms with Crippen LogP contribution in [-0.4, -0.2) is 21.8 Å². The van der Waals surface area contributed by atoms with Gasteiger partial charge in [-0.15, -0.1) is 0 Å². The van der Waals surface area contributed by atoms with Gasteiger partial charge < -0.3 is 5.73 Å². The van der Waals surface area contributed by atoms with Gasteiger partial charge in [0, 0.05) is 11.1 Å². The topological polar surface area (TPSA) is 71.8 Å². The number of aromatic amines is 1. The standard InChI is InChI=1S/C9H10FN3O/c10-9-2-8(3-9,4-9)6-1-5(7(11)14)12-13-6/h1H,2-4H2,(H2,11,14)(H,12,13). The first-order valence-corrected chi connectivity index (χ1v) is 4.58. The van der Waals surface area contributed by atoms with E-state index in [-0.39, 0.29) is 11.1 Å². The van der Waals surface area contributed by atoms with Crippen LogP contribution in [-0.2, 0) is 5.41 Å². The molecule has 0 atom stereocenters. The van der Waals surface area contributed by atoms with Gasteiger partial charge in [0.05, 0.1) is 0 Å². The lowest BCUT2D eigenvalue weighted by atomic mass is 9.41. The Morgan fingerprint density at radius 1 is 1.57 bits per heavy atom. The minimum absolute atomic E-state index is 0.0740. The number of primary amides is 1. The Hall–Kier alpha value is -1.39. The van der Waals surface area contributed by atoms with Crippen LogP contribution >= 0.6 is 0 Å². The van der Waals surface area contributed by atoms with E-state index in [0.717, 1.165) is 5.69 Å². The molecule has 3 fully saturated rings. The number of amides is 1. The van der Waals surface area contributed by atoms with Crippen molar-refractivity contribution >= 4 is 5.91 Å². The monoisotopic (exact) mass is 195 g/mol. The summed E-state index contributed by atoms with van der Waals surface area (Å²) in [6.45, 7) is 0. The summed E-state index contributed by atoms with van der Waals surface area (Å²) in [7, 11) is 0. The third-order valence-corrected chi connectivity index (χ3v) is 3.37. The minimum Gasteiger partial charge on any atom is -0.364 e. The number of nitrogens with one attached hydrogen (secondary N) is 1. The van der Waals surface area contributed by atoms with Crippen molar-refractivity contribution in [2.24, 2.45) is 5.73 Å². The molecule has 4 rings (SSSR count). The third kappa shape index (κ3) is 0.773. The summed E-state index contributed by atoms with van der Waals surface area (Å²) in [6.07, 6.45) is 1.67. The summed E-state index contributed by atoms with van der Waals surface area (Å²) >= 11 is 0. The second-order valence-corrected chi connectivity index (χ2v) is 4.49. The molecule has 2 bridgehead atoms. The molecular formula is C9H10FN3O. The highest BCUT2D eigenvalue weighted by Crippen LogP contribution is 2.69. The van der Waals surface area contributed by atoms with Crippen molar-refractivity contribution in [2.45, 2.75) is 30.3 Å². The molecule has 1 aromatic heterocycles. The fraction of sp³-hybridized carbons (Fsp3) is 0.556. The van der Waals surface area contributed by atoms with E-state index in [9.17, 15) is 9.18 Å². The third-order valence-electron chi connectivity index (χ3n) is 3.37. The van der Waals surface area contributed by atoms with Crippen LogP contribution in [0.4, 0.5) is 4.39 Å². The lowest BCUT2D eigenvalue weighted by Gasteiger charge is -2.65. The molecule has 1 amide bonds. The van der Waals surface area contributed by atoms with Crippen LogP contribution in [0, 0.1) is 0 Å². The molecule has 74 valence electrons. The maximum Gasteiger partial charge on any atom is 0.269 e. The quantitative estimate of drug-likeness (QED) is 0.727. The van der Waals surface area contributed by atoms with Gasteiger partial charge >= 0.3 is 0 Å². The Labute approximate surface area is 79.7 Å². The molecule has 1 heterocycles. The maximum atomic E-state index is 13.2. The van der Waals surface area contributed by atoms with E-state index in [0.29, 0.717) is 19.3 Å². The van der Waals surface area contributed by atoms with Gasteiger partial charge in [-0.2, -0.15) is 5.10 Å². The van der Waals surface area contributed by atoms with Gasteiger partial charge in [0.1, 0.15) is 11.4 Å². The Bertz CT molecular complexity index is 406. The molecule has 3 saturated carbocycles. The molecule has 14 heavy (non-hydrogen) atoms. The number of hydrogen-bond acceptors (Lipinski definition) is 2. The maximum absolute atomic E-state index is 13.2. The van der Waals surface area contributed by atoms with Crippen molar-refractivity contribution in [1.82, 2.24) is 10.2 Å². The van der Waals surface area contributed by atoms with Crippen LogP contribution in [0.15, 0.2) is 6.07 Å². The highest BCUT2D eigenvalue weighted by atomic mass is 19.1. The second-order valence-electron chi connectivity index (χ2n) is 4.49. The summed E-state index contributed by atoms with van der Waals surface area (Å²) < 4.78 is 13.2. The highest BCUT2D eigenvalue weighted by Gasteiger charge is 2.70. The van der Waals surface area contributed by atoms with Crippen molar-refractivity contribution in [3.05, 3.63) is 17.5 Å². The number of H-pyrrole nitrogens is 1. The van der Waals surface area contributed by atoms with Crippen molar-refractivity contribution in [2.75, 3.05) is 0 Å². The van der Waals surface area contributed by atoms with Gasteiger partial charge in [-0.3, -0.25) is 9.89 Å². The fourth-order valence-electron chi connectivity index (χ4n) is 2.67. The van der Waals surface area contributed by atoms with Crippen molar-refractivity contribution in [3.63, 3.8) is 0 Å². The average molecular weight is 195 g/mol. The van der Waals surface area contributed by atoms with E-state index in [4.69, 9.17) is 5.73 Å². The zero-order chi connectivity index (χ0) is 9.97. The predicted octanol–water partition coefficient (Wildman–Crippen LogP) is 0.652. The summed E-state index contributed by atoms with van der Waals surface area (Å²) in [5.74, 6) is -0.547. The normalized spacial score (nSPS) is 38.6. The fourth-order valence-corrected chi connectivity index (χ4v) is 2.67. The lowest BCUT2D eigenvalue weighted by molar-refractivity contribution is -0.160. The largest absolute Gasteiger partial charge is 0.364 e. The van der Waals surface area contributed by atoms with E-state index in [1.54, 1.807) is 6.07 Å². The molecular weight excluding hydrogens is 185 g/mol. The summed E-state index contributed by atoms with van der Waals surface area (Å²) in [6, 6.07) is 1.64. The molecule has 5 heteroatoms. The number of nitrogens with two attached hydrogens (primary N) is 1. The first-order valence-electron chi connectivity index (χ1n) is 4.58. The Kier molecular flexibility index (Phi) is 1.13. The first-order chi connectivity index (χ1) is 6.53. The first kappa shape index (κ1) is 7.96. The highest BCUT2D eigenvalue weighted by molar-refractivity contribution is 5.90. The number of carbonyl (C=O) groups excluding carboxylic acids is 1. The molecule has 3 aliphatic carbocycles. The van der Waals surface area contributed by atoms with Gasteiger partial charge in [0.2, 0.25) is 0 Å². The SMILES string of the molecule is NC(=O)c1cc(C23CC(F)(C2)C3)[nH]n1. The number of rotatable bonds is 2. The minimum atomic E-state index is -0.933. The van der Waals surface area contributed by atoms with E-state index < -0.39 is 11.6 Å². The average Bonchev–Trinajstić information content (AvgIpc) is 2.44. The number of aromatic nitrogens is 2. The Morgan fingerprint density at radius 3 is 2.64 bits per heavy atom. The Balaban J connectivity index is 1.89. The van der Waals surface area contributed by atoms with Gasteiger partial charge in [-0.1, -0.05) is 0 Å². The molecule has 0 saturated heterocycles. The molecule has 0 unspecified atom stereocenters. The number of halogens is 1. The molecule has 4 nitrogen and oxygen atoms in total. The van der Waals surface area contributed by atoms with Crippen LogP contribution in [0.3, 0.4) is 0 Å². The van der Waals surface area contributed by atoms with Crippen LogP contribution in [0.2, 0.25) is 0 Å². The predicted molar refractivity (Wildman–Crippen MR) is 46.5 cm³/mol. The number of carbonyl (C=O) groups is 1. The second kappa shape index (κ2) is 1.99. The molecule has 0 aliphatic heterocycles. The van der Waals surface area contributed by atoms with Crippen LogP contribution < -0.4 is 5.73 Å². The van der Waals surface area contributed by atoms with Crippen LogP contribution in [0.25, 0.3) is 0 Å². The lowest BCUT2D eigenvalue weighted by Crippen LogP contribution is -2.67. The molecule has 3 N–H and O–H groups in total. The molecule has 1 aromatic rings.